The van der Waals surface area contributed by atoms with Gasteiger partial charge in [0.25, 0.3) is 5.91 Å². The summed E-state index contributed by atoms with van der Waals surface area (Å²) in [4.78, 5) is 13.3. The molecule has 0 saturated heterocycles. The van der Waals surface area contributed by atoms with Gasteiger partial charge >= 0.3 is 0 Å². The Morgan fingerprint density at radius 2 is 1.95 bits per heavy atom. The molecule has 0 aromatic heterocycles. The number of rotatable bonds is 6. The van der Waals surface area contributed by atoms with Crippen molar-refractivity contribution < 1.29 is 17.9 Å². The quantitative estimate of drug-likeness (QED) is 0.776. The molecule has 0 spiro atoms. The van der Waals surface area contributed by atoms with E-state index in [-0.39, 0.29) is 23.8 Å². The normalized spacial score (nSPS) is 10.7. The number of hydrogen-bond acceptors (Lipinski definition) is 5. The van der Waals surface area contributed by atoms with Crippen molar-refractivity contribution in [2.45, 2.75) is 11.3 Å². The topological polar surface area (TPSA) is 87.5 Å². The minimum Gasteiger partial charge on any atom is -0.484 e. The van der Waals surface area contributed by atoms with Crippen LogP contribution in [0, 0.1) is 11.3 Å². The summed E-state index contributed by atoms with van der Waals surface area (Å²) < 4.78 is 27.8. The summed E-state index contributed by atoms with van der Waals surface area (Å²) in [5, 5.41) is 8.43. The molecule has 0 bridgehead atoms. The summed E-state index contributed by atoms with van der Waals surface area (Å²) in [6, 6.07) is 7.80. The van der Waals surface area contributed by atoms with Crippen molar-refractivity contribution in [2.75, 3.05) is 26.5 Å². The predicted octanol–water partition coefficient (Wildman–Crippen LogP) is 0.841. The van der Waals surface area contributed by atoms with Crippen molar-refractivity contribution in [3.63, 3.8) is 0 Å². The number of likely N-dealkylation sites (N-methyl/N-ethyl adjacent to an activating group) is 1. The van der Waals surface area contributed by atoms with Crippen molar-refractivity contribution in [1.29, 1.82) is 5.26 Å². The molecule has 0 aliphatic heterocycles. The molecule has 1 amide bonds. The van der Waals surface area contributed by atoms with E-state index >= 15 is 0 Å². The third-order valence-electron chi connectivity index (χ3n) is 2.60. The molecule has 0 aliphatic rings. The third kappa shape index (κ3) is 4.90. The zero-order valence-corrected chi connectivity index (χ0v) is 12.2. The Bertz CT molecular complexity index is 602. The van der Waals surface area contributed by atoms with Gasteiger partial charge in [-0.3, -0.25) is 4.79 Å². The van der Waals surface area contributed by atoms with E-state index in [4.69, 9.17) is 10.00 Å². The minimum absolute atomic E-state index is 0.153. The van der Waals surface area contributed by atoms with Crippen molar-refractivity contribution in [3.05, 3.63) is 24.3 Å². The van der Waals surface area contributed by atoms with Crippen LogP contribution in [0.2, 0.25) is 0 Å². The fourth-order valence-corrected chi connectivity index (χ4v) is 2.01. The van der Waals surface area contributed by atoms with Gasteiger partial charge in [0.2, 0.25) is 0 Å². The molecule has 0 N–H and O–H groups in total. The highest BCUT2D eigenvalue weighted by Crippen LogP contribution is 2.15. The SMILES string of the molecule is CN(CCC#N)C(=O)COc1ccc(S(C)(=O)=O)cc1. The first-order valence-corrected chi connectivity index (χ1v) is 7.77. The van der Waals surface area contributed by atoms with Gasteiger partial charge in [-0.05, 0) is 24.3 Å². The zero-order valence-electron chi connectivity index (χ0n) is 11.4. The Kier molecular flexibility index (Phi) is 5.53. The number of hydrogen-bond donors (Lipinski definition) is 0. The molecule has 1 aromatic carbocycles. The molecule has 0 heterocycles. The van der Waals surface area contributed by atoms with Gasteiger partial charge in [0.1, 0.15) is 5.75 Å². The van der Waals surface area contributed by atoms with Crippen LogP contribution in [0.25, 0.3) is 0 Å². The number of ether oxygens (including phenoxy) is 1. The van der Waals surface area contributed by atoms with Crippen LogP contribution in [0.1, 0.15) is 6.42 Å². The molecule has 0 unspecified atom stereocenters. The third-order valence-corrected chi connectivity index (χ3v) is 3.73. The second-order valence-corrected chi connectivity index (χ2v) is 6.27. The first-order chi connectivity index (χ1) is 9.34. The van der Waals surface area contributed by atoms with Gasteiger partial charge in [-0.25, -0.2) is 8.42 Å². The Morgan fingerprint density at radius 3 is 2.45 bits per heavy atom. The van der Waals surface area contributed by atoms with Gasteiger partial charge in [0.05, 0.1) is 17.4 Å². The highest BCUT2D eigenvalue weighted by Gasteiger charge is 2.10. The van der Waals surface area contributed by atoms with Gasteiger partial charge in [-0.1, -0.05) is 0 Å². The fourth-order valence-electron chi connectivity index (χ4n) is 1.38. The predicted molar refractivity (Wildman–Crippen MR) is 72.9 cm³/mol. The number of nitrogens with zero attached hydrogens (tertiary/aromatic N) is 2. The smallest absolute Gasteiger partial charge is 0.260 e. The lowest BCUT2D eigenvalue weighted by Gasteiger charge is -2.15. The lowest BCUT2D eigenvalue weighted by Crippen LogP contribution is -2.32. The van der Waals surface area contributed by atoms with Crippen molar-refractivity contribution in [1.82, 2.24) is 4.90 Å². The molecule has 0 saturated carbocycles. The molecule has 0 radical (unpaired) electrons. The van der Waals surface area contributed by atoms with Gasteiger partial charge in [-0.2, -0.15) is 5.26 Å². The van der Waals surface area contributed by atoms with E-state index in [0.717, 1.165) is 6.26 Å². The Balaban J connectivity index is 2.54. The molecule has 1 aromatic rings. The summed E-state index contributed by atoms with van der Waals surface area (Å²) in [7, 11) is -1.64. The monoisotopic (exact) mass is 296 g/mol. The molecule has 0 atom stereocenters. The molecule has 20 heavy (non-hydrogen) atoms. The number of carbonyl (C=O) groups excluding carboxylic acids is 1. The second kappa shape index (κ2) is 6.91. The van der Waals surface area contributed by atoms with Gasteiger partial charge < -0.3 is 9.64 Å². The van der Waals surface area contributed by atoms with Crippen molar-refractivity contribution in [2.24, 2.45) is 0 Å². The maximum atomic E-state index is 11.6. The molecule has 0 aliphatic carbocycles. The van der Waals surface area contributed by atoms with Gasteiger partial charge in [-0.15, -0.1) is 0 Å². The van der Waals surface area contributed by atoms with Crippen LogP contribution in [0.4, 0.5) is 0 Å². The second-order valence-electron chi connectivity index (χ2n) is 4.26. The highest BCUT2D eigenvalue weighted by atomic mass is 32.2. The number of amides is 1. The Morgan fingerprint density at radius 1 is 1.35 bits per heavy atom. The summed E-state index contributed by atoms with van der Waals surface area (Å²) >= 11 is 0. The molecular weight excluding hydrogens is 280 g/mol. The van der Waals surface area contributed by atoms with E-state index in [9.17, 15) is 13.2 Å². The maximum Gasteiger partial charge on any atom is 0.260 e. The summed E-state index contributed by atoms with van der Waals surface area (Å²) in [5.74, 6) is 0.173. The molecule has 7 heteroatoms. The van der Waals surface area contributed by atoms with Crippen LogP contribution < -0.4 is 4.74 Å². The van der Waals surface area contributed by atoms with E-state index in [1.54, 1.807) is 7.05 Å². The van der Waals surface area contributed by atoms with Crippen molar-refractivity contribution in [3.8, 4) is 11.8 Å². The van der Waals surface area contributed by atoms with E-state index in [1.165, 1.54) is 29.2 Å². The molecule has 6 nitrogen and oxygen atoms in total. The standard InChI is InChI=1S/C13H16N2O4S/c1-15(9-3-8-14)13(16)10-19-11-4-6-12(7-5-11)20(2,17)18/h4-7H,3,9-10H2,1-2H3. The van der Waals surface area contributed by atoms with Crippen LogP contribution in [0.3, 0.4) is 0 Å². The molecule has 108 valence electrons. The van der Waals surface area contributed by atoms with Gasteiger partial charge in [0, 0.05) is 19.8 Å². The Hall–Kier alpha value is -2.07. The largest absolute Gasteiger partial charge is 0.484 e. The number of sulfone groups is 1. The fraction of sp³-hybridized carbons (Fsp3) is 0.385. The van der Waals surface area contributed by atoms with E-state index in [2.05, 4.69) is 0 Å². The van der Waals surface area contributed by atoms with E-state index in [0.29, 0.717) is 12.3 Å². The first kappa shape index (κ1) is 16.0. The van der Waals surface area contributed by atoms with E-state index in [1.807, 2.05) is 6.07 Å². The lowest BCUT2D eigenvalue weighted by atomic mass is 10.3. The zero-order chi connectivity index (χ0) is 15.2. The van der Waals surface area contributed by atoms with Gasteiger partial charge in [0.15, 0.2) is 16.4 Å². The number of nitriles is 1. The lowest BCUT2D eigenvalue weighted by molar-refractivity contribution is -0.131. The van der Waals surface area contributed by atoms with Crippen LogP contribution in [-0.4, -0.2) is 45.7 Å². The van der Waals surface area contributed by atoms with E-state index < -0.39 is 9.84 Å². The van der Waals surface area contributed by atoms with Crippen LogP contribution in [-0.2, 0) is 14.6 Å². The first-order valence-electron chi connectivity index (χ1n) is 5.88. The van der Waals surface area contributed by atoms with Crippen molar-refractivity contribution >= 4 is 15.7 Å². The van der Waals surface area contributed by atoms with Crippen LogP contribution >= 0.6 is 0 Å². The highest BCUT2D eigenvalue weighted by molar-refractivity contribution is 7.90. The maximum absolute atomic E-state index is 11.6. The molecular formula is C13H16N2O4S. The average Bonchev–Trinajstić information content (AvgIpc) is 2.41. The number of benzene rings is 1. The summed E-state index contributed by atoms with van der Waals surface area (Å²) in [5.41, 5.74) is 0. The van der Waals surface area contributed by atoms with Crippen LogP contribution in [0.15, 0.2) is 29.2 Å². The summed E-state index contributed by atoms with van der Waals surface area (Å²) in [6.07, 6.45) is 1.39. The minimum atomic E-state index is -3.24. The Labute approximate surface area is 118 Å². The summed E-state index contributed by atoms with van der Waals surface area (Å²) in [6.45, 7) is 0.200. The number of carbonyl (C=O) groups is 1. The van der Waals surface area contributed by atoms with Crippen LogP contribution in [0.5, 0.6) is 5.75 Å². The molecule has 0 fully saturated rings. The molecule has 1 rings (SSSR count). The average molecular weight is 296 g/mol.